The van der Waals surface area contributed by atoms with Crippen LogP contribution < -0.4 is 9.47 Å². The molecule has 11 nitrogen and oxygen atoms in total. The largest absolute Gasteiger partial charge is 0.494 e. The average molecular weight is 643 g/mol. The first-order valence-corrected chi connectivity index (χ1v) is 15.1. The third kappa shape index (κ3) is 9.38. The van der Waals surface area contributed by atoms with Crippen LogP contribution in [0.3, 0.4) is 0 Å². The molecular formula is C36H34O11. The van der Waals surface area contributed by atoms with E-state index in [9.17, 15) is 19.2 Å². The van der Waals surface area contributed by atoms with Gasteiger partial charge in [0.1, 0.15) is 23.7 Å². The van der Waals surface area contributed by atoms with Crippen LogP contribution in [0, 0.1) is 0 Å². The first kappa shape index (κ1) is 33.1. The number of carbonyl (C=O) groups excluding carboxylic acids is 4. The molecule has 5 rings (SSSR count). The van der Waals surface area contributed by atoms with Crippen molar-refractivity contribution in [3.63, 3.8) is 0 Å². The normalized spacial score (nSPS) is 19.8. The first-order chi connectivity index (χ1) is 22.9. The Bertz CT molecular complexity index is 1560. The zero-order valence-electron chi connectivity index (χ0n) is 25.5. The Labute approximate surface area is 271 Å². The monoisotopic (exact) mass is 642 g/mol. The smallest absolute Gasteiger partial charge is 0.343 e. The summed E-state index contributed by atoms with van der Waals surface area (Å²) < 4.78 is 38.7. The SMILES string of the molecule is C=CC(=O)OCCCCOc1ccc(C(=O)Oc2ccc(C(=O)O[C@H]3CO[C@H]4[C@@H]3OC[C@H]4OC(=O)/C=C/c3ccccc3)cc2)cc1. The Balaban J connectivity index is 1.04. The van der Waals surface area contributed by atoms with Gasteiger partial charge < -0.3 is 33.2 Å². The predicted octanol–water partition coefficient (Wildman–Crippen LogP) is 4.74. The topological polar surface area (TPSA) is 133 Å². The summed E-state index contributed by atoms with van der Waals surface area (Å²) in [6, 6.07) is 21.8. The van der Waals surface area contributed by atoms with E-state index >= 15 is 0 Å². The van der Waals surface area contributed by atoms with Gasteiger partial charge >= 0.3 is 23.9 Å². The molecule has 2 fully saturated rings. The molecule has 0 bridgehead atoms. The Morgan fingerprint density at radius 1 is 0.702 bits per heavy atom. The molecule has 0 aliphatic carbocycles. The van der Waals surface area contributed by atoms with Crippen LogP contribution in [-0.4, -0.2) is 74.7 Å². The van der Waals surface area contributed by atoms with Crippen LogP contribution in [0.2, 0.25) is 0 Å². The molecule has 47 heavy (non-hydrogen) atoms. The molecule has 3 aromatic carbocycles. The highest BCUT2D eigenvalue weighted by atomic mass is 16.7. The molecule has 0 saturated carbocycles. The molecule has 0 N–H and O–H groups in total. The number of hydrogen-bond acceptors (Lipinski definition) is 11. The van der Waals surface area contributed by atoms with Gasteiger partial charge in [-0.25, -0.2) is 19.2 Å². The fraction of sp³-hybridized carbons (Fsp3) is 0.278. The summed E-state index contributed by atoms with van der Waals surface area (Å²) in [4.78, 5) is 48.8. The highest BCUT2D eigenvalue weighted by Crippen LogP contribution is 2.31. The lowest BCUT2D eigenvalue weighted by Crippen LogP contribution is -2.35. The number of esters is 4. The van der Waals surface area contributed by atoms with E-state index in [1.54, 1.807) is 30.3 Å². The standard InChI is InChI=1S/C36H34O11/c1-2-31(37)42-21-7-6-20-41-27-15-11-25(12-16-27)35(39)45-28-17-13-26(14-18-28)36(40)47-30-23-44-33-29(22-43-34(30)33)46-32(38)19-10-24-8-4-3-5-9-24/h2-5,8-19,29-30,33-34H,1,6-7,20-23H2/b19-10+/t29-,30+,33-,34-/m1/s1. The second-order valence-electron chi connectivity index (χ2n) is 10.6. The molecule has 0 radical (unpaired) electrons. The van der Waals surface area contributed by atoms with Gasteiger partial charge in [-0.15, -0.1) is 0 Å². The van der Waals surface area contributed by atoms with Gasteiger partial charge in [0.2, 0.25) is 0 Å². The van der Waals surface area contributed by atoms with E-state index in [1.165, 1.54) is 30.3 Å². The molecule has 4 atom stereocenters. The average Bonchev–Trinajstić information content (AvgIpc) is 3.69. The fourth-order valence-corrected chi connectivity index (χ4v) is 4.89. The van der Waals surface area contributed by atoms with E-state index in [2.05, 4.69) is 6.58 Å². The van der Waals surface area contributed by atoms with Crippen molar-refractivity contribution in [3.8, 4) is 11.5 Å². The van der Waals surface area contributed by atoms with Crippen molar-refractivity contribution in [2.24, 2.45) is 0 Å². The van der Waals surface area contributed by atoms with Crippen molar-refractivity contribution >= 4 is 30.0 Å². The van der Waals surface area contributed by atoms with Crippen LogP contribution >= 0.6 is 0 Å². The molecule has 244 valence electrons. The van der Waals surface area contributed by atoms with Crippen LogP contribution in [0.4, 0.5) is 0 Å². The molecule has 2 aliphatic heterocycles. The van der Waals surface area contributed by atoms with Crippen molar-refractivity contribution < 1.29 is 52.3 Å². The van der Waals surface area contributed by atoms with Crippen LogP contribution in [-0.2, 0) is 33.3 Å². The van der Waals surface area contributed by atoms with Gasteiger partial charge in [-0.3, -0.25) is 0 Å². The van der Waals surface area contributed by atoms with E-state index in [1.807, 2.05) is 30.3 Å². The van der Waals surface area contributed by atoms with Gasteiger partial charge in [-0.2, -0.15) is 0 Å². The second-order valence-corrected chi connectivity index (χ2v) is 10.6. The summed E-state index contributed by atoms with van der Waals surface area (Å²) in [6.07, 6.45) is 3.05. The van der Waals surface area contributed by atoms with Crippen LogP contribution in [0.1, 0.15) is 39.1 Å². The van der Waals surface area contributed by atoms with Crippen molar-refractivity contribution in [1.82, 2.24) is 0 Å². The van der Waals surface area contributed by atoms with E-state index in [4.69, 9.17) is 33.2 Å². The molecule has 11 heteroatoms. The van der Waals surface area contributed by atoms with E-state index in [0.717, 1.165) is 11.6 Å². The molecule has 0 aromatic heterocycles. The van der Waals surface area contributed by atoms with E-state index in [0.29, 0.717) is 37.4 Å². The highest BCUT2D eigenvalue weighted by molar-refractivity contribution is 5.92. The maximum atomic E-state index is 12.9. The van der Waals surface area contributed by atoms with Crippen LogP contribution in [0.15, 0.2) is 97.6 Å². The van der Waals surface area contributed by atoms with Gasteiger partial charge in [0.15, 0.2) is 12.2 Å². The van der Waals surface area contributed by atoms with Gasteiger partial charge in [-0.1, -0.05) is 36.9 Å². The summed E-state index contributed by atoms with van der Waals surface area (Å²) in [5, 5.41) is 0. The maximum absolute atomic E-state index is 12.9. The molecule has 0 amide bonds. The van der Waals surface area contributed by atoms with Crippen molar-refractivity contribution in [2.75, 3.05) is 26.4 Å². The summed E-state index contributed by atoms with van der Waals surface area (Å²) in [7, 11) is 0. The first-order valence-electron chi connectivity index (χ1n) is 15.1. The quantitative estimate of drug-likeness (QED) is 0.0794. The van der Waals surface area contributed by atoms with Crippen molar-refractivity contribution in [2.45, 2.75) is 37.3 Å². The minimum atomic E-state index is -0.678. The lowest BCUT2D eigenvalue weighted by Gasteiger charge is -2.17. The van der Waals surface area contributed by atoms with E-state index in [-0.39, 0.29) is 24.5 Å². The number of hydrogen-bond donors (Lipinski definition) is 0. The summed E-state index contributed by atoms with van der Waals surface area (Å²) in [5.74, 6) is -1.31. The molecule has 2 saturated heterocycles. The molecule has 0 spiro atoms. The number of ether oxygens (including phenoxy) is 7. The molecule has 3 aromatic rings. The predicted molar refractivity (Wildman–Crippen MR) is 168 cm³/mol. The van der Waals surface area contributed by atoms with Gasteiger partial charge in [0.05, 0.1) is 37.6 Å². The Morgan fingerprint density at radius 2 is 1.30 bits per heavy atom. The lowest BCUT2D eigenvalue weighted by molar-refractivity contribution is -0.147. The zero-order chi connectivity index (χ0) is 33.0. The molecular weight excluding hydrogens is 608 g/mol. The number of benzene rings is 3. The third-order valence-electron chi connectivity index (χ3n) is 7.31. The number of unbranched alkanes of at least 4 members (excludes halogenated alkanes) is 1. The van der Waals surface area contributed by atoms with E-state index < -0.39 is 48.3 Å². The second kappa shape index (κ2) is 16.3. The number of carbonyl (C=O) groups is 4. The fourth-order valence-electron chi connectivity index (χ4n) is 4.89. The minimum Gasteiger partial charge on any atom is -0.494 e. The van der Waals surface area contributed by atoms with Gasteiger partial charge in [-0.05, 0) is 73.0 Å². The summed E-state index contributed by atoms with van der Waals surface area (Å²) in [5.41, 5.74) is 1.44. The Morgan fingerprint density at radius 3 is 1.96 bits per heavy atom. The number of fused-ring (bicyclic) bond motifs is 1. The summed E-state index contributed by atoms with van der Waals surface area (Å²) in [6.45, 7) is 4.28. The van der Waals surface area contributed by atoms with Crippen LogP contribution in [0.5, 0.6) is 11.5 Å². The third-order valence-corrected chi connectivity index (χ3v) is 7.31. The van der Waals surface area contributed by atoms with Gasteiger partial charge in [0.25, 0.3) is 0 Å². The zero-order valence-corrected chi connectivity index (χ0v) is 25.5. The van der Waals surface area contributed by atoms with Crippen LogP contribution in [0.25, 0.3) is 6.08 Å². The molecule has 0 unspecified atom stereocenters. The number of rotatable bonds is 14. The molecule has 2 heterocycles. The minimum absolute atomic E-state index is 0.0989. The lowest BCUT2D eigenvalue weighted by atomic mass is 10.1. The van der Waals surface area contributed by atoms with Gasteiger partial charge in [0, 0.05) is 12.2 Å². The maximum Gasteiger partial charge on any atom is 0.343 e. The van der Waals surface area contributed by atoms with Crippen molar-refractivity contribution in [1.29, 1.82) is 0 Å². The Kier molecular flexibility index (Phi) is 11.5. The molecule has 2 aliphatic rings. The van der Waals surface area contributed by atoms with Crippen molar-refractivity contribution in [3.05, 3.63) is 114 Å². The Hall–Kier alpha value is -5.26. The summed E-state index contributed by atoms with van der Waals surface area (Å²) >= 11 is 0. The highest BCUT2D eigenvalue weighted by Gasteiger charge is 2.51.